The summed E-state index contributed by atoms with van der Waals surface area (Å²) in [5.74, 6) is 0.665. The van der Waals surface area contributed by atoms with Crippen LogP contribution in [0.15, 0.2) is 46.9 Å². The van der Waals surface area contributed by atoms with Gasteiger partial charge in [0.2, 0.25) is 0 Å². The van der Waals surface area contributed by atoms with Crippen molar-refractivity contribution in [1.82, 2.24) is 0 Å². The molecule has 1 N–H and O–H groups in total. The van der Waals surface area contributed by atoms with E-state index in [9.17, 15) is 4.79 Å². The number of ketones is 1. The molecule has 2 aliphatic rings. The second-order valence-electron chi connectivity index (χ2n) is 5.48. The zero-order chi connectivity index (χ0) is 13.7. The largest absolute Gasteiger partial charge is 0.377 e. The fourth-order valence-corrected chi connectivity index (χ4v) is 4.09. The molecule has 1 heterocycles. The number of halogens is 1. The standard InChI is InChI=1S/C17H14BrNO/c18-12-7-8-13-15-11(6-9-14(20)16(12)15)17(19-13)10-4-2-1-3-5-10/h1-5,7-8,11,17,19H,6,9H2. The highest BCUT2D eigenvalue weighted by atomic mass is 79.9. The highest BCUT2D eigenvalue weighted by Gasteiger charge is 2.40. The molecule has 0 saturated heterocycles. The number of carbonyl (C=O) groups is 1. The molecule has 2 aromatic rings. The fourth-order valence-electron chi connectivity index (χ4n) is 3.52. The van der Waals surface area contributed by atoms with E-state index in [0.717, 1.165) is 22.1 Å². The predicted octanol–water partition coefficient (Wildman–Crippen LogP) is 4.68. The van der Waals surface area contributed by atoms with E-state index < -0.39 is 0 Å². The second-order valence-corrected chi connectivity index (χ2v) is 6.34. The Bertz CT molecular complexity index is 696. The van der Waals surface area contributed by atoms with Crippen LogP contribution >= 0.6 is 15.9 Å². The number of hydrogen-bond donors (Lipinski definition) is 1. The van der Waals surface area contributed by atoms with Crippen LogP contribution in [0.25, 0.3) is 0 Å². The smallest absolute Gasteiger partial charge is 0.164 e. The summed E-state index contributed by atoms with van der Waals surface area (Å²) in [6.45, 7) is 0. The van der Waals surface area contributed by atoms with Gasteiger partial charge >= 0.3 is 0 Å². The summed E-state index contributed by atoms with van der Waals surface area (Å²) in [6.07, 6.45) is 1.58. The summed E-state index contributed by atoms with van der Waals surface area (Å²) >= 11 is 3.54. The third-order valence-corrected chi connectivity index (χ3v) is 5.06. The van der Waals surface area contributed by atoms with Gasteiger partial charge in [-0.2, -0.15) is 0 Å². The average molecular weight is 328 g/mol. The van der Waals surface area contributed by atoms with Crippen LogP contribution < -0.4 is 5.32 Å². The molecule has 2 aromatic carbocycles. The van der Waals surface area contributed by atoms with Crippen molar-refractivity contribution in [3.63, 3.8) is 0 Å². The van der Waals surface area contributed by atoms with Crippen LogP contribution in [0.4, 0.5) is 5.69 Å². The first kappa shape index (κ1) is 12.2. The summed E-state index contributed by atoms with van der Waals surface area (Å²) in [5, 5.41) is 3.61. The molecule has 20 heavy (non-hydrogen) atoms. The Morgan fingerprint density at radius 2 is 1.90 bits per heavy atom. The summed E-state index contributed by atoms with van der Waals surface area (Å²) < 4.78 is 0.932. The van der Waals surface area contributed by atoms with Crippen molar-refractivity contribution < 1.29 is 4.79 Å². The van der Waals surface area contributed by atoms with Gasteiger partial charge in [0, 0.05) is 28.1 Å². The van der Waals surface area contributed by atoms with Crippen LogP contribution in [-0.4, -0.2) is 5.78 Å². The van der Waals surface area contributed by atoms with Crippen molar-refractivity contribution in [2.75, 3.05) is 5.32 Å². The lowest BCUT2D eigenvalue weighted by atomic mass is 9.78. The molecule has 0 bridgehead atoms. The van der Waals surface area contributed by atoms with Gasteiger partial charge < -0.3 is 5.32 Å². The van der Waals surface area contributed by atoms with Crippen molar-refractivity contribution in [3.05, 3.63) is 63.6 Å². The van der Waals surface area contributed by atoms with Crippen LogP contribution in [0.3, 0.4) is 0 Å². The Balaban J connectivity index is 1.87. The molecule has 0 spiro atoms. The Morgan fingerprint density at radius 3 is 2.70 bits per heavy atom. The van der Waals surface area contributed by atoms with E-state index in [1.54, 1.807) is 0 Å². The van der Waals surface area contributed by atoms with Crippen molar-refractivity contribution in [1.29, 1.82) is 0 Å². The molecule has 2 unspecified atom stereocenters. The number of benzene rings is 2. The molecule has 4 rings (SSSR count). The van der Waals surface area contributed by atoms with E-state index in [2.05, 4.69) is 51.6 Å². The highest BCUT2D eigenvalue weighted by molar-refractivity contribution is 9.10. The molecule has 0 aromatic heterocycles. The van der Waals surface area contributed by atoms with Gasteiger partial charge in [-0.1, -0.05) is 46.3 Å². The third-order valence-electron chi connectivity index (χ3n) is 4.40. The van der Waals surface area contributed by atoms with Crippen molar-refractivity contribution in [3.8, 4) is 0 Å². The first-order valence-corrected chi connectivity index (χ1v) is 7.72. The van der Waals surface area contributed by atoms with Gasteiger partial charge in [-0.15, -0.1) is 0 Å². The predicted molar refractivity (Wildman–Crippen MR) is 83.3 cm³/mol. The summed E-state index contributed by atoms with van der Waals surface area (Å²) in [4.78, 5) is 12.2. The van der Waals surface area contributed by atoms with Crippen LogP contribution in [0.1, 0.15) is 46.3 Å². The number of hydrogen-bond acceptors (Lipinski definition) is 2. The van der Waals surface area contributed by atoms with Gasteiger partial charge in [-0.05, 0) is 29.7 Å². The zero-order valence-electron chi connectivity index (χ0n) is 10.9. The topological polar surface area (TPSA) is 29.1 Å². The lowest BCUT2D eigenvalue weighted by molar-refractivity contribution is 0.0966. The number of carbonyl (C=O) groups excluding carboxylic acids is 1. The number of Topliss-reactive ketones (excluding diaryl/α,β-unsaturated/α-hetero) is 1. The lowest BCUT2D eigenvalue weighted by Crippen LogP contribution is -2.18. The minimum absolute atomic E-state index is 0.264. The molecule has 0 radical (unpaired) electrons. The number of rotatable bonds is 1. The van der Waals surface area contributed by atoms with E-state index >= 15 is 0 Å². The monoisotopic (exact) mass is 327 g/mol. The quantitative estimate of drug-likeness (QED) is 0.824. The molecule has 100 valence electrons. The van der Waals surface area contributed by atoms with E-state index in [0.29, 0.717) is 12.3 Å². The van der Waals surface area contributed by atoms with Crippen molar-refractivity contribution >= 4 is 27.4 Å². The highest BCUT2D eigenvalue weighted by Crippen LogP contribution is 2.51. The first-order valence-electron chi connectivity index (χ1n) is 6.93. The molecule has 3 heteroatoms. The zero-order valence-corrected chi connectivity index (χ0v) is 12.5. The normalized spacial score (nSPS) is 23.4. The number of anilines is 1. The van der Waals surface area contributed by atoms with Gasteiger partial charge in [0.05, 0.1) is 6.04 Å². The van der Waals surface area contributed by atoms with Crippen LogP contribution in [0, 0.1) is 0 Å². The summed E-state index contributed by atoms with van der Waals surface area (Å²) in [7, 11) is 0. The second kappa shape index (κ2) is 4.45. The Hall–Kier alpha value is -1.61. The van der Waals surface area contributed by atoms with E-state index in [4.69, 9.17) is 0 Å². The third kappa shape index (κ3) is 1.66. The van der Waals surface area contributed by atoms with Gasteiger partial charge in [-0.3, -0.25) is 4.79 Å². The SMILES string of the molecule is O=C1CCC2c3c(ccc(Br)c31)NC2c1ccccc1. The molecular formula is C17H14BrNO. The summed E-state index contributed by atoms with van der Waals surface area (Å²) in [5.41, 5.74) is 4.52. The maximum Gasteiger partial charge on any atom is 0.164 e. The maximum atomic E-state index is 12.2. The van der Waals surface area contributed by atoms with Crippen molar-refractivity contribution in [2.45, 2.75) is 24.8 Å². The number of nitrogens with one attached hydrogen (secondary N) is 1. The van der Waals surface area contributed by atoms with Gasteiger partial charge in [-0.25, -0.2) is 0 Å². The molecular weight excluding hydrogens is 314 g/mol. The Morgan fingerprint density at radius 1 is 1.10 bits per heavy atom. The minimum Gasteiger partial charge on any atom is -0.377 e. The van der Waals surface area contributed by atoms with E-state index in [1.165, 1.54) is 11.1 Å². The van der Waals surface area contributed by atoms with E-state index in [1.807, 2.05) is 12.1 Å². The van der Waals surface area contributed by atoms with Crippen LogP contribution in [0.5, 0.6) is 0 Å². The summed E-state index contributed by atoms with van der Waals surface area (Å²) in [6, 6.07) is 14.9. The van der Waals surface area contributed by atoms with Gasteiger partial charge in [0.1, 0.15) is 0 Å². The lowest BCUT2D eigenvalue weighted by Gasteiger charge is -2.25. The molecule has 1 aliphatic heterocycles. The molecule has 0 fully saturated rings. The molecule has 0 amide bonds. The van der Waals surface area contributed by atoms with Gasteiger partial charge in [0.15, 0.2) is 5.78 Å². The first-order chi connectivity index (χ1) is 9.75. The Labute approximate surface area is 126 Å². The maximum absolute atomic E-state index is 12.2. The molecule has 1 aliphatic carbocycles. The van der Waals surface area contributed by atoms with Crippen LogP contribution in [-0.2, 0) is 0 Å². The molecule has 2 atom stereocenters. The van der Waals surface area contributed by atoms with Gasteiger partial charge in [0.25, 0.3) is 0 Å². The molecule has 2 nitrogen and oxygen atoms in total. The van der Waals surface area contributed by atoms with Crippen LogP contribution in [0.2, 0.25) is 0 Å². The fraction of sp³-hybridized carbons (Fsp3) is 0.235. The Kier molecular flexibility index (Phi) is 2.71. The van der Waals surface area contributed by atoms with E-state index in [-0.39, 0.29) is 11.8 Å². The van der Waals surface area contributed by atoms with Crippen molar-refractivity contribution in [2.24, 2.45) is 0 Å². The molecule has 0 saturated carbocycles. The minimum atomic E-state index is 0.264. The average Bonchev–Trinajstić information content (AvgIpc) is 2.85.